The van der Waals surface area contributed by atoms with Crippen LogP contribution in [0.1, 0.15) is 107 Å². The SMILES string of the molecule is CC(=O)O[C@@H]1C[C@@H]2C(=CC[C@H]3C(C)(C)C(=O)CC[C@]23C)[C@]2(C)CC[C@H]([C@H](C)CC/C=C(/C)C(=O)O)[C@@]12C. The third kappa shape index (κ3) is 4.14. The molecule has 0 aromatic carbocycles. The topological polar surface area (TPSA) is 80.7 Å². The molecule has 0 amide bonds. The van der Waals surface area contributed by atoms with Crippen LogP contribution in [-0.2, 0) is 19.1 Å². The van der Waals surface area contributed by atoms with Crippen molar-refractivity contribution in [2.75, 3.05) is 0 Å². The molecule has 0 aromatic rings. The Morgan fingerprint density at radius 3 is 2.46 bits per heavy atom. The second kappa shape index (κ2) is 9.38. The number of aliphatic carboxylic acids is 1. The number of fused-ring (bicyclic) bond motifs is 5. The van der Waals surface area contributed by atoms with E-state index in [-0.39, 0.29) is 33.7 Å². The van der Waals surface area contributed by atoms with Gasteiger partial charge in [0.2, 0.25) is 0 Å². The van der Waals surface area contributed by atoms with Crippen LogP contribution in [0.5, 0.6) is 0 Å². The average Bonchev–Trinajstić information content (AvgIpc) is 3.09. The smallest absolute Gasteiger partial charge is 0.330 e. The van der Waals surface area contributed by atoms with Crippen LogP contribution in [0.25, 0.3) is 0 Å². The van der Waals surface area contributed by atoms with Crippen molar-refractivity contribution in [2.45, 2.75) is 113 Å². The van der Waals surface area contributed by atoms with Gasteiger partial charge >= 0.3 is 11.9 Å². The van der Waals surface area contributed by atoms with Crippen molar-refractivity contribution in [3.63, 3.8) is 0 Å². The Morgan fingerprint density at radius 2 is 1.84 bits per heavy atom. The summed E-state index contributed by atoms with van der Waals surface area (Å²) in [6.07, 6.45) is 11.3. The number of ether oxygens (including phenoxy) is 1. The summed E-state index contributed by atoms with van der Waals surface area (Å²) in [5.74, 6) is 0.714. The summed E-state index contributed by atoms with van der Waals surface area (Å²) in [6.45, 7) is 17.0. The lowest BCUT2D eigenvalue weighted by molar-refractivity contribution is -0.179. The van der Waals surface area contributed by atoms with Gasteiger partial charge in [0.1, 0.15) is 11.9 Å². The molecule has 4 aliphatic rings. The number of allylic oxidation sites excluding steroid dienone is 3. The molecule has 0 aromatic heterocycles. The molecule has 0 radical (unpaired) electrons. The number of rotatable bonds is 6. The molecular weight excluding hydrogens is 464 g/mol. The standard InChI is InChI=1S/C32H48O5/c1-19(10-9-11-20(2)28(35)36)22-14-17-31(7)23-12-13-25-29(4,5)26(34)15-16-30(25,6)24(23)18-27(32(22,31)8)37-21(3)33/h11-12,19,22,24-25,27H,9-10,13-18H2,1-8H3,(H,35,36)/b20-11-/t19-,22-,24-,25+,27-,30-,31+,32+/m1/s1. The van der Waals surface area contributed by atoms with Gasteiger partial charge in [0.05, 0.1) is 0 Å². The predicted molar refractivity (Wildman–Crippen MR) is 145 cm³/mol. The van der Waals surface area contributed by atoms with E-state index in [1.807, 2.05) is 6.08 Å². The molecule has 4 rings (SSSR count). The fourth-order valence-corrected chi connectivity index (χ4v) is 9.66. The van der Waals surface area contributed by atoms with Crippen molar-refractivity contribution in [1.29, 1.82) is 0 Å². The second-order valence-corrected chi connectivity index (χ2v) is 14.0. The highest BCUT2D eigenvalue weighted by Crippen LogP contribution is 2.73. The first-order valence-corrected chi connectivity index (χ1v) is 14.4. The molecule has 8 atom stereocenters. The summed E-state index contributed by atoms with van der Waals surface area (Å²) in [5.41, 5.74) is 1.39. The largest absolute Gasteiger partial charge is 0.478 e. The summed E-state index contributed by atoms with van der Waals surface area (Å²) in [6, 6.07) is 0. The minimum Gasteiger partial charge on any atom is -0.478 e. The Morgan fingerprint density at radius 1 is 1.16 bits per heavy atom. The molecule has 3 fully saturated rings. The number of carbonyl (C=O) groups is 3. The normalized spacial score (nSPS) is 41.7. The monoisotopic (exact) mass is 512 g/mol. The van der Waals surface area contributed by atoms with E-state index in [4.69, 9.17) is 4.74 Å². The summed E-state index contributed by atoms with van der Waals surface area (Å²) < 4.78 is 6.25. The zero-order valence-corrected chi connectivity index (χ0v) is 24.3. The summed E-state index contributed by atoms with van der Waals surface area (Å²) in [7, 11) is 0. The van der Waals surface area contributed by atoms with Gasteiger partial charge in [-0.25, -0.2) is 4.79 Å². The van der Waals surface area contributed by atoms with Crippen molar-refractivity contribution in [3.05, 3.63) is 23.3 Å². The van der Waals surface area contributed by atoms with Crippen LogP contribution in [0, 0.1) is 45.3 Å². The Bertz CT molecular complexity index is 1040. The predicted octanol–water partition coefficient (Wildman–Crippen LogP) is 7.15. The first kappa shape index (κ1) is 28.1. The third-order valence-corrected chi connectivity index (χ3v) is 12.1. The average molecular weight is 513 g/mol. The van der Waals surface area contributed by atoms with Crippen LogP contribution < -0.4 is 0 Å². The van der Waals surface area contributed by atoms with E-state index in [0.717, 1.165) is 44.9 Å². The summed E-state index contributed by atoms with van der Waals surface area (Å²) >= 11 is 0. The van der Waals surface area contributed by atoms with E-state index < -0.39 is 5.97 Å². The number of carboxylic acids is 1. The van der Waals surface area contributed by atoms with Crippen LogP contribution in [0.2, 0.25) is 0 Å². The van der Waals surface area contributed by atoms with Gasteiger partial charge in [0.15, 0.2) is 0 Å². The van der Waals surface area contributed by atoms with Crippen molar-refractivity contribution >= 4 is 17.7 Å². The van der Waals surface area contributed by atoms with Gasteiger partial charge < -0.3 is 9.84 Å². The lowest BCUT2D eigenvalue weighted by atomic mass is 9.40. The molecule has 0 unspecified atom stereocenters. The minimum atomic E-state index is -0.857. The molecule has 5 nitrogen and oxygen atoms in total. The van der Waals surface area contributed by atoms with Crippen LogP contribution >= 0.6 is 0 Å². The molecule has 37 heavy (non-hydrogen) atoms. The summed E-state index contributed by atoms with van der Waals surface area (Å²) in [5, 5.41) is 9.23. The van der Waals surface area contributed by atoms with Crippen molar-refractivity contribution in [2.24, 2.45) is 45.3 Å². The molecule has 1 N–H and O–H groups in total. The number of esters is 1. The Balaban J connectivity index is 1.72. The van der Waals surface area contributed by atoms with Crippen LogP contribution in [0.4, 0.5) is 0 Å². The molecule has 5 heteroatoms. The van der Waals surface area contributed by atoms with E-state index in [1.165, 1.54) is 6.92 Å². The van der Waals surface area contributed by atoms with Crippen LogP contribution in [0.15, 0.2) is 23.3 Å². The molecule has 0 heterocycles. The number of carbonyl (C=O) groups excluding carboxylic acids is 2. The van der Waals surface area contributed by atoms with Crippen molar-refractivity contribution in [1.82, 2.24) is 0 Å². The second-order valence-electron chi connectivity index (χ2n) is 14.0. The molecular formula is C32H48O5. The zero-order chi connectivity index (χ0) is 27.6. The summed E-state index contributed by atoms with van der Waals surface area (Å²) in [4.78, 5) is 36.6. The highest BCUT2D eigenvalue weighted by molar-refractivity contribution is 5.86. The molecule has 0 aliphatic heterocycles. The fourth-order valence-electron chi connectivity index (χ4n) is 9.66. The van der Waals surface area contributed by atoms with Gasteiger partial charge in [0.25, 0.3) is 0 Å². The first-order chi connectivity index (χ1) is 17.1. The molecule has 0 saturated heterocycles. The Labute approximate surface area is 223 Å². The van der Waals surface area contributed by atoms with Gasteiger partial charge in [-0.15, -0.1) is 0 Å². The van der Waals surface area contributed by atoms with E-state index in [0.29, 0.717) is 41.4 Å². The molecule has 0 spiro atoms. The maximum Gasteiger partial charge on any atom is 0.330 e. The van der Waals surface area contributed by atoms with Crippen LogP contribution in [0.3, 0.4) is 0 Å². The molecule has 3 saturated carbocycles. The Kier molecular flexibility index (Phi) is 7.12. The van der Waals surface area contributed by atoms with E-state index in [2.05, 4.69) is 47.6 Å². The van der Waals surface area contributed by atoms with Gasteiger partial charge in [-0.05, 0) is 86.4 Å². The maximum absolute atomic E-state index is 12.9. The maximum atomic E-state index is 12.9. The van der Waals surface area contributed by atoms with Crippen molar-refractivity contribution in [3.8, 4) is 0 Å². The van der Waals surface area contributed by atoms with Gasteiger partial charge in [-0.2, -0.15) is 0 Å². The van der Waals surface area contributed by atoms with Crippen molar-refractivity contribution < 1.29 is 24.2 Å². The number of hydrogen-bond acceptors (Lipinski definition) is 4. The molecule has 4 aliphatic carbocycles. The van der Waals surface area contributed by atoms with Gasteiger partial charge in [-0.1, -0.05) is 59.3 Å². The fraction of sp³-hybridized carbons (Fsp3) is 0.781. The Hall–Kier alpha value is -1.91. The lowest BCUT2D eigenvalue weighted by Gasteiger charge is -2.64. The lowest BCUT2D eigenvalue weighted by Crippen LogP contribution is -2.61. The number of ketones is 1. The van der Waals surface area contributed by atoms with Crippen LogP contribution in [-0.4, -0.2) is 28.9 Å². The minimum absolute atomic E-state index is 0.0209. The quantitative estimate of drug-likeness (QED) is 0.232. The third-order valence-electron chi connectivity index (χ3n) is 12.1. The van der Waals surface area contributed by atoms with Gasteiger partial charge in [-0.3, -0.25) is 9.59 Å². The highest BCUT2D eigenvalue weighted by Gasteiger charge is 2.69. The van der Waals surface area contributed by atoms with E-state index in [9.17, 15) is 19.5 Å². The first-order valence-electron chi connectivity index (χ1n) is 14.4. The van der Waals surface area contributed by atoms with E-state index >= 15 is 0 Å². The highest BCUT2D eigenvalue weighted by atomic mass is 16.5. The number of Topliss-reactive ketones (excluding diaryl/α,β-unsaturated/α-hetero) is 1. The van der Waals surface area contributed by atoms with E-state index in [1.54, 1.807) is 12.5 Å². The number of carboxylic acid groups (broad SMARTS) is 1. The van der Waals surface area contributed by atoms with Gasteiger partial charge in [0, 0.05) is 29.7 Å². The number of hydrogen-bond donors (Lipinski definition) is 1. The molecule has 206 valence electrons. The zero-order valence-electron chi connectivity index (χ0n) is 24.3. The molecule has 0 bridgehead atoms.